The number of pyridine rings is 2. The van der Waals surface area contributed by atoms with Crippen molar-refractivity contribution < 1.29 is 18.0 Å². The number of nitrogen functional groups attached to an aromatic ring is 1. The number of nitrogens with zero attached hydrogens (tertiary/aromatic N) is 5. The molecule has 0 saturated carbocycles. The van der Waals surface area contributed by atoms with Crippen LogP contribution in [0.5, 0.6) is 5.75 Å². The Morgan fingerprint density at radius 1 is 1.19 bits per heavy atom. The van der Waals surface area contributed by atoms with Crippen molar-refractivity contribution in [2.45, 2.75) is 26.2 Å². The summed E-state index contributed by atoms with van der Waals surface area (Å²) in [5.74, 6) is 0.984. The predicted molar refractivity (Wildman–Crippen MR) is 119 cm³/mol. The first kappa shape index (κ1) is 22.8. The van der Waals surface area contributed by atoms with Crippen LogP contribution in [0.1, 0.15) is 31.9 Å². The predicted octanol–water partition coefficient (Wildman–Crippen LogP) is 2.05. The van der Waals surface area contributed by atoms with E-state index < -0.39 is 10.2 Å². The molecule has 2 N–H and O–H groups in total. The maximum Gasteiger partial charge on any atom is 0.304 e. The van der Waals surface area contributed by atoms with Gasteiger partial charge >= 0.3 is 10.2 Å². The molecule has 0 atom stereocenters. The zero-order chi connectivity index (χ0) is 22.1. The highest BCUT2D eigenvalue weighted by Crippen LogP contribution is 2.26. The van der Waals surface area contributed by atoms with Crippen LogP contribution in [0.15, 0.2) is 41.8 Å². The normalized spacial score (nSPS) is 16.1. The monoisotopic (exact) mass is 448 g/mol. The molecule has 31 heavy (non-hydrogen) atoms. The van der Waals surface area contributed by atoms with Crippen molar-refractivity contribution in [3.8, 4) is 5.75 Å². The van der Waals surface area contributed by atoms with Gasteiger partial charge in [0.15, 0.2) is 0 Å². The molecule has 0 aromatic carbocycles. The van der Waals surface area contributed by atoms with E-state index in [-0.39, 0.29) is 0 Å². The third-order valence-corrected chi connectivity index (χ3v) is 6.65. The lowest BCUT2D eigenvalue weighted by molar-refractivity contribution is 0.160. The van der Waals surface area contributed by atoms with Crippen LogP contribution >= 0.6 is 0 Å². The largest absolute Gasteiger partial charge is 0.492 e. The zero-order valence-corrected chi connectivity index (χ0v) is 18.4. The van der Waals surface area contributed by atoms with Crippen LogP contribution in [-0.4, -0.2) is 61.8 Å². The number of rotatable bonds is 11. The molecule has 2 aromatic rings. The van der Waals surface area contributed by atoms with Crippen LogP contribution in [0.25, 0.3) is 0 Å². The SMILES string of the molecule is CCO/N=C/c1ccc(OCCCCCN2CCN(c3ccnc(N)c3)S2(=O)=O)cn1. The Morgan fingerprint density at radius 2 is 2.06 bits per heavy atom. The van der Waals surface area contributed by atoms with Crippen molar-refractivity contribution >= 4 is 27.9 Å². The van der Waals surface area contributed by atoms with E-state index in [9.17, 15) is 8.42 Å². The number of anilines is 2. The van der Waals surface area contributed by atoms with E-state index in [4.69, 9.17) is 15.3 Å². The highest BCUT2D eigenvalue weighted by Gasteiger charge is 2.36. The molecule has 2 aromatic heterocycles. The molecular formula is C20H28N6O4S. The highest BCUT2D eigenvalue weighted by molar-refractivity contribution is 7.90. The van der Waals surface area contributed by atoms with Crippen LogP contribution in [0.2, 0.25) is 0 Å². The molecule has 10 nitrogen and oxygen atoms in total. The van der Waals surface area contributed by atoms with Gasteiger partial charge in [-0.3, -0.25) is 9.29 Å². The zero-order valence-electron chi connectivity index (χ0n) is 17.6. The molecule has 0 aliphatic carbocycles. The number of hydrogen-bond acceptors (Lipinski definition) is 8. The second-order valence-corrected chi connectivity index (χ2v) is 8.75. The first-order chi connectivity index (χ1) is 15.0. The molecule has 168 valence electrons. The fraction of sp³-hybridized carbons (Fsp3) is 0.450. The second-order valence-electron chi connectivity index (χ2n) is 6.90. The summed E-state index contributed by atoms with van der Waals surface area (Å²) in [5.41, 5.74) is 6.92. The van der Waals surface area contributed by atoms with Gasteiger partial charge in [0, 0.05) is 31.9 Å². The quantitative estimate of drug-likeness (QED) is 0.317. The molecule has 1 fully saturated rings. The molecule has 0 amide bonds. The Kier molecular flexibility index (Phi) is 8.01. The number of hydrogen-bond donors (Lipinski definition) is 1. The van der Waals surface area contributed by atoms with Crippen molar-refractivity contribution in [3.63, 3.8) is 0 Å². The minimum atomic E-state index is -3.52. The van der Waals surface area contributed by atoms with Crippen LogP contribution in [0.3, 0.4) is 0 Å². The van der Waals surface area contributed by atoms with Gasteiger partial charge in [-0.25, -0.2) is 4.98 Å². The van der Waals surface area contributed by atoms with Gasteiger partial charge in [0.25, 0.3) is 0 Å². The first-order valence-corrected chi connectivity index (χ1v) is 11.6. The highest BCUT2D eigenvalue weighted by atomic mass is 32.2. The molecule has 3 rings (SSSR count). The van der Waals surface area contributed by atoms with E-state index in [2.05, 4.69) is 15.1 Å². The maximum atomic E-state index is 12.8. The fourth-order valence-corrected chi connectivity index (χ4v) is 4.77. The summed E-state index contributed by atoms with van der Waals surface area (Å²) in [6, 6.07) is 6.86. The van der Waals surface area contributed by atoms with Gasteiger partial charge in [0.2, 0.25) is 0 Å². The molecular weight excluding hydrogens is 420 g/mol. The standard InChI is InChI=1S/C20H28N6O4S/c1-2-30-24-15-17-6-7-19(16-23-17)29-13-5-3-4-10-25-11-12-26(31(25,27)28)18-8-9-22-20(21)14-18/h6-9,14-16H,2-5,10-13H2,1H3,(H2,21,22)/b24-15+. The van der Waals surface area contributed by atoms with Crippen LogP contribution in [0.4, 0.5) is 11.5 Å². The van der Waals surface area contributed by atoms with E-state index in [1.54, 1.807) is 30.6 Å². The van der Waals surface area contributed by atoms with Crippen LogP contribution < -0.4 is 14.8 Å². The number of aromatic nitrogens is 2. The smallest absolute Gasteiger partial charge is 0.304 e. The summed E-state index contributed by atoms with van der Waals surface area (Å²) in [6.45, 7) is 4.27. The third kappa shape index (κ3) is 6.28. The van der Waals surface area contributed by atoms with Gasteiger partial charge in [-0.05, 0) is 44.4 Å². The molecule has 0 spiro atoms. The lowest BCUT2D eigenvalue weighted by Gasteiger charge is -2.20. The number of nitrogens with two attached hydrogens (primary N) is 1. The van der Waals surface area contributed by atoms with Gasteiger partial charge in [-0.15, -0.1) is 0 Å². The molecule has 0 radical (unpaired) electrons. The number of oxime groups is 1. The van der Waals surface area contributed by atoms with Gasteiger partial charge < -0.3 is 15.3 Å². The Labute approximate surface area is 182 Å². The Balaban J connectivity index is 1.36. The topological polar surface area (TPSA) is 123 Å². The first-order valence-electron chi connectivity index (χ1n) is 10.2. The van der Waals surface area contributed by atoms with Gasteiger partial charge in [0.1, 0.15) is 18.2 Å². The Bertz CT molecular complexity index is 968. The van der Waals surface area contributed by atoms with Crippen molar-refractivity contribution in [1.82, 2.24) is 14.3 Å². The molecule has 1 aliphatic heterocycles. The minimum Gasteiger partial charge on any atom is -0.492 e. The van der Waals surface area contributed by atoms with Gasteiger partial charge in [-0.2, -0.15) is 12.7 Å². The molecule has 1 saturated heterocycles. The van der Waals surface area contributed by atoms with Crippen LogP contribution in [0, 0.1) is 0 Å². The Hall–Kier alpha value is -2.92. The summed E-state index contributed by atoms with van der Waals surface area (Å²) in [6.07, 6.45) is 7.15. The number of unbranched alkanes of at least 4 members (excludes halogenated alkanes) is 2. The molecule has 11 heteroatoms. The summed E-state index contributed by atoms with van der Waals surface area (Å²) in [5, 5.41) is 3.77. The number of ether oxygens (including phenoxy) is 1. The Morgan fingerprint density at radius 3 is 2.81 bits per heavy atom. The van der Waals surface area contributed by atoms with Crippen molar-refractivity contribution in [2.75, 3.05) is 42.9 Å². The maximum absolute atomic E-state index is 12.8. The van der Waals surface area contributed by atoms with Crippen LogP contribution in [-0.2, 0) is 15.0 Å². The van der Waals surface area contributed by atoms with Crippen molar-refractivity contribution in [2.24, 2.45) is 5.16 Å². The average molecular weight is 449 g/mol. The minimum absolute atomic E-state index is 0.301. The van der Waals surface area contributed by atoms with Crippen molar-refractivity contribution in [1.29, 1.82) is 0 Å². The van der Waals surface area contributed by atoms with Gasteiger partial charge in [0.05, 0.1) is 30.4 Å². The lowest BCUT2D eigenvalue weighted by atomic mass is 10.2. The summed E-state index contributed by atoms with van der Waals surface area (Å²) in [7, 11) is -3.52. The molecule has 3 heterocycles. The molecule has 0 unspecified atom stereocenters. The van der Waals surface area contributed by atoms with E-state index in [0.29, 0.717) is 55.8 Å². The fourth-order valence-electron chi connectivity index (χ4n) is 3.13. The van der Waals surface area contributed by atoms with E-state index >= 15 is 0 Å². The summed E-state index contributed by atoms with van der Waals surface area (Å²) in [4.78, 5) is 13.0. The van der Waals surface area contributed by atoms with E-state index in [0.717, 1.165) is 19.3 Å². The van der Waals surface area contributed by atoms with E-state index in [1.807, 2.05) is 13.0 Å². The lowest BCUT2D eigenvalue weighted by Crippen LogP contribution is -2.33. The molecule has 0 bridgehead atoms. The third-order valence-electron chi connectivity index (χ3n) is 4.68. The molecule has 1 aliphatic rings. The average Bonchev–Trinajstić information content (AvgIpc) is 3.05. The summed E-state index contributed by atoms with van der Waals surface area (Å²) >= 11 is 0. The van der Waals surface area contributed by atoms with Crippen molar-refractivity contribution in [3.05, 3.63) is 42.4 Å². The van der Waals surface area contributed by atoms with E-state index in [1.165, 1.54) is 14.8 Å². The second kappa shape index (κ2) is 10.9. The summed E-state index contributed by atoms with van der Waals surface area (Å²) < 4.78 is 34.1. The van der Waals surface area contributed by atoms with Gasteiger partial charge in [-0.1, -0.05) is 5.16 Å².